The van der Waals surface area contributed by atoms with Gasteiger partial charge in [0.15, 0.2) is 0 Å². The number of benzene rings is 1. The molecule has 100 valence electrons. The summed E-state index contributed by atoms with van der Waals surface area (Å²) < 4.78 is 0. The minimum absolute atomic E-state index is 0.361. The summed E-state index contributed by atoms with van der Waals surface area (Å²) in [4.78, 5) is 19.5. The Morgan fingerprint density at radius 3 is 1.56 bits per heavy atom. The first-order valence-corrected chi connectivity index (χ1v) is 6.05. The lowest BCUT2D eigenvalue weighted by molar-refractivity contribution is -0.125. The van der Waals surface area contributed by atoms with Crippen LogP contribution in [-0.4, -0.2) is 11.8 Å². The zero-order chi connectivity index (χ0) is 14.1. The summed E-state index contributed by atoms with van der Waals surface area (Å²) in [6.45, 7) is 6.57. The highest BCUT2D eigenvalue weighted by Crippen LogP contribution is 2.10. The van der Waals surface area contributed by atoms with E-state index in [1.54, 1.807) is 0 Å². The third-order valence-corrected chi connectivity index (χ3v) is 2.36. The molecule has 18 heavy (non-hydrogen) atoms. The molecule has 0 spiro atoms. The molecular weight excluding hydrogens is 228 g/mol. The fourth-order valence-electron chi connectivity index (χ4n) is 1.53. The highest BCUT2D eigenvalue weighted by molar-refractivity contribution is 5.95. The van der Waals surface area contributed by atoms with Gasteiger partial charge >= 0.3 is 0 Å². The average molecular weight is 250 g/mol. The number of carbonyl (C=O) groups is 2. The minimum atomic E-state index is -0.687. The molecule has 1 aromatic rings. The van der Waals surface area contributed by atoms with Crippen LogP contribution in [0.3, 0.4) is 0 Å². The molecule has 0 aliphatic carbocycles. The molecule has 0 atom stereocenters. The van der Waals surface area contributed by atoms with Crippen molar-refractivity contribution in [2.24, 2.45) is 11.5 Å². The Morgan fingerprint density at radius 1 is 0.944 bits per heavy atom. The van der Waals surface area contributed by atoms with E-state index in [4.69, 9.17) is 0 Å². The Labute approximate surface area is 108 Å². The molecule has 4 heteroatoms. The molecule has 0 aromatic heterocycles. The molecule has 0 aliphatic rings. The Kier molecular flexibility index (Phi) is 7.43. The normalized spacial score (nSPS) is 9.28. The molecule has 1 aromatic carbocycles. The van der Waals surface area contributed by atoms with Crippen molar-refractivity contribution >= 4 is 11.8 Å². The van der Waals surface area contributed by atoms with E-state index >= 15 is 0 Å². The van der Waals surface area contributed by atoms with Crippen molar-refractivity contribution < 1.29 is 9.59 Å². The van der Waals surface area contributed by atoms with E-state index in [2.05, 4.69) is 50.4 Å². The fourth-order valence-corrected chi connectivity index (χ4v) is 1.53. The van der Waals surface area contributed by atoms with Crippen LogP contribution in [0.5, 0.6) is 0 Å². The van der Waals surface area contributed by atoms with Gasteiger partial charge in [-0.15, -0.1) is 0 Å². The van der Waals surface area contributed by atoms with Gasteiger partial charge in [0.2, 0.25) is 11.8 Å². The summed E-state index contributed by atoms with van der Waals surface area (Å²) in [6.07, 6.45) is 1.93. The molecule has 4 nitrogen and oxygen atoms in total. The second-order valence-corrected chi connectivity index (χ2v) is 4.14. The number of rotatable bonds is 4. The van der Waals surface area contributed by atoms with Gasteiger partial charge in [-0.25, -0.2) is 0 Å². The Balaban J connectivity index is 0.000000360. The number of hydrogen-bond donors (Lipinski definition) is 2. The van der Waals surface area contributed by atoms with Crippen molar-refractivity contribution in [3.63, 3.8) is 0 Å². The monoisotopic (exact) mass is 250 g/mol. The second kappa shape index (κ2) is 8.28. The molecule has 0 radical (unpaired) electrons. The van der Waals surface area contributed by atoms with E-state index in [1.807, 2.05) is 0 Å². The van der Waals surface area contributed by atoms with Crippen LogP contribution in [-0.2, 0) is 22.4 Å². The smallest absolute Gasteiger partial charge is 0.226 e. The molecule has 2 amide bonds. The molecule has 4 N–H and O–H groups in total. The van der Waals surface area contributed by atoms with Crippen LogP contribution in [0.2, 0.25) is 0 Å². The van der Waals surface area contributed by atoms with Crippen molar-refractivity contribution in [3.05, 3.63) is 34.9 Å². The zero-order valence-corrected chi connectivity index (χ0v) is 11.3. The maximum absolute atomic E-state index is 9.73. The maximum atomic E-state index is 9.73. The van der Waals surface area contributed by atoms with E-state index in [-0.39, 0.29) is 6.42 Å². The third-order valence-electron chi connectivity index (χ3n) is 2.36. The van der Waals surface area contributed by atoms with Gasteiger partial charge in [-0.3, -0.25) is 9.59 Å². The van der Waals surface area contributed by atoms with Crippen LogP contribution >= 0.6 is 0 Å². The zero-order valence-electron chi connectivity index (χ0n) is 11.3. The average Bonchev–Trinajstić information content (AvgIpc) is 2.27. The van der Waals surface area contributed by atoms with Gasteiger partial charge in [0.1, 0.15) is 6.42 Å². The minimum Gasteiger partial charge on any atom is -0.369 e. The van der Waals surface area contributed by atoms with E-state index in [9.17, 15) is 9.59 Å². The largest absolute Gasteiger partial charge is 0.369 e. The third kappa shape index (κ3) is 7.44. The Bertz CT molecular complexity index is 380. The summed E-state index contributed by atoms with van der Waals surface area (Å²) >= 11 is 0. The van der Waals surface area contributed by atoms with Gasteiger partial charge in [-0.05, 0) is 30.9 Å². The topological polar surface area (TPSA) is 86.2 Å². The Morgan fingerprint density at radius 2 is 1.33 bits per heavy atom. The van der Waals surface area contributed by atoms with Crippen molar-refractivity contribution in [2.45, 2.75) is 40.0 Å². The summed E-state index contributed by atoms with van der Waals surface area (Å²) in [6, 6.07) is 6.82. The summed E-state index contributed by atoms with van der Waals surface area (Å²) in [5.74, 6) is -1.37. The summed E-state index contributed by atoms with van der Waals surface area (Å²) in [5.41, 5.74) is 13.4. The number of nitrogens with two attached hydrogens (primary N) is 2. The first kappa shape index (κ1) is 16.2. The SMILES string of the molecule is CCc1cc(C)cc(CC)c1.NC(=O)CC(N)=O. The molecule has 0 unspecified atom stereocenters. The maximum Gasteiger partial charge on any atom is 0.226 e. The van der Waals surface area contributed by atoms with Crippen molar-refractivity contribution in [3.8, 4) is 0 Å². The highest BCUT2D eigenvalue weighted by Gasteiger charge is 1.96. The van der Waals surface area contributed by atoms with Crippen molar-refractivity contribution in [2.75, 3.05) is 0 Å². The van der Waals surface area contributed by atoms with Gasteiger partial charge < -0.3 is 11.5 Å². The lowest BCUT2D eigenvalue weighted by Gasteiger charge is -2.02. The predicted molar refractivity (Wildman–Crippen MR) is 72.9 cm³/mol. The summed E-state index contributed by atoms with van der Waals surface area (Å²) in [7, 11) is 0. The quantitative estimate of drug-likeness (QED) is 0.793. The second-order valence-electron chi connectivity index (χ2n) is 4.14. The van der Waals surface area contributed by atoms with Crippen LogP contribution in [0.15, 0.2) is 18.2 Å². The first-order chi connectivity index (χ1) is 8.38. The lowest BCUT2D eigenvalue weighted by Crippen LogP contribution is -2.21. The number of aryl methyl sites for hydroxylation is 3. The van der Waals surface area contributed by atoms with E-state index in [0.717, 1.165) is 12.8 Å². The molecule has 0 fully saturated rings. The molecule has 1 rings (SSSR count). The van der Waals surface area contributed by atoms with Crippen LogP contribution in [0.1, 0.15) is 37.0 Å². The van der Waals surface area contributed by atoms with Crippen LogP contribution in [0.4, 0.5) is 0 Å². The van der Waals surface area contributed by atoms with Gasteiger partial charge in [-0.1, -0.05) is 37.6 Å². The van der Waals surface area contributed by atoms with Gasteiger partial charge in [0, 0.05) is 0 Å². The molecule has 0 heterocycles. The van der Waals surface area contributed by atoms with Gasteiger partial charge in [0.25, 0.3) is 0 Å². The van der Waals surface area contributed by atoms with E-state index in [1.165, 1.54) is 16.7 Å². The standard InChI is InChI=1S/C11H16.C3H6N2O2/c1-4-10-6-9(3)7-11(5-2)8-10;4-2(6)1-3(5)7/h6-8H,4-5H2,1-3H3;1H2,(H2,4,6)(H2,5,7). The number of hydrogen-bond acceptors (Lipinski definition) is 2. The molecule has 0 bridgehead atoms. The predicted octanol–water partition coefficient (Wildman–Crippen LogP) is 1.47. The number of amides is 2. The number of carbonyl (C=O) groups excluding carboxylic acids is 2. The van der Waals surface area contributed by atoms with E-state index in [0.29, 0.717) is 0 Å². The highest BCUT2D eigenvalue weighted by atomic mass is 16.2. The van der Waals surface area contributed by atoms with Crippen LogP contribution in [0, 0.1) is 6.92 Å². The first-order valence-electron chi connectivity index (χ1n) is 6.05. The van der Waals surface area contributed by atoms with Gasteiger partial charge in [-0.2, -0.15) is 0 Å². The molecule has 0 saturated carbocycles. The number of primary amides is 2. The lowest BCUT2D eigenvalue weighted by atomic mass is 10.0. The van der Waals surface area contributed by atoms with Crippen LogP contribution in [0.25, 0.3) is 0 Å². The fraction of sp³-hybridized carbons (Fsp3) is 0.429. The molecule has 0 saturated heterocycles. The van der Waals surface area contributed by atoms with Crippen LogP contribution < -0.4 is 11.5 Å². The Hall–Kier alpha value is -1.84. The molecule has 0 aliphatic heterocycles. The van der Waals surface area contributed by atoms with Crippen molar-refractivity contribution in [1.82, 2.24) is 0 Å². The molecular formula is C14H22N2O2. The van der Waals surface area contributed by atoms with Gasteiger partial charge in [0.05, 0.1) is 0 Å². The van der Waals surface area contributed by atoms with Crippen molar-refractivity contribution in [1.29, 1.82) is 0 Å². The summed E-state index contributed by atoms with van der Waals surface area (Å²) in [5, 5.41) is 0. The van der Waals surface area contributed by atoms with E-state index < -0.39 is 11.8 Å².